The molecule has 0 aromatic heterocycles. The van der Waals surface area contributed by atoms with Crippen LogP contribution in [0, 0.1) is 17.8 Å². The van der Waals surface area contributed by atoms with E-state index >= 15 is 0 Å². The highest BCUT2D eigenvalue weighted by Gasteiger charge is 2.57. The Hall–Kier alpha value is -1.40. The molecule has 128 valence electrons. The second-order valence-corrected chi connectivity index (χ2v) is 6.88. The molecule has 1 saturated heterocycles. The Labute approximate surface area is 135 Å². The third kappa shape index (κ3) is 3.28. The fraction of sp³-hybridized carbons (Fsp3) is 0.765. The van der Waals surface area contributed by atoms with Crippen molar-refractivity contribution >= 4 is 11.9 Å². The molecule has 0 aromatic carbocycles. The van der Waals surface area contributed by atoms with Gasteiger partial charge in [-0.3, -0.25) is 4.79 Å². The SMILES string of the molecule is C=C(C)C(=O)OC1C(O)C2CC(C(=O)OC3CCCCO3)C1C2. The van der Waals surface area contributed by atoms with Crippen LogP contribution in [0.2, 0.25) is 0 Å². The number of hydrogen-bond acceptors (Lipinski definition) is 6. The van der Waals surface area contributed by atoms with Gasteiger partial charge in [-0.1, -0.05) is 6.58 Å². The average Bonchev–Trinajstić information content (AvgIpc) is 3.08. The quantitative estimate of drug-likeness (QED) is 0.624. The molecule has 1 aliphatic heterocycles. The van der Waals surface area contributed by atoms with Gasteiger partial charge in [-0.05, 0) is 38.5 Å². The van der Waals surface area contributed by atoms with Crippen LogP contribution in [0.25, 0.3) is 0 Å². The maximum absolute atomic E-state index is 12.4. The van der Waals surface area contributed by atoms with E-state index in [1.807, 2.05) is 0 Å². The molecule has 3 aliphatic rings. The lowest BCUT2D eigenvalue weighted by Gasteiger charge is -2.32. The molecule has 23 heavy (non-hydrogen) atoms. The number of carbonyl (C=O) groups is 2. The van der Waals surface area contributed by atoms with Crippen LogP contribution in [-0.4, -0.2) is 42.1 Å². The van der Waals surface area contributed by atoms with Gasteiger partial charge in [-0.15, -0.1) is 0 Å². The second kappa shape index (κ2) is 6.61. The van der Waals surface area contributed by atoms with Gasteiger partial charge in [-0.25, -0.2) is 4.79 Å². The number of ether oxygens (including phenoxy) is 3. The summed E-state index contributed by atoms with van der Waals surface area (Å²) in [6, 6.07) is 0. The van der Waals surface area contributed by atoms with Gasteiger partial charge in [0.15, 0.2) is 0 Å². The van der Waals surface area contributed by atoms with E-state index in [9.17, 15) is 14.7 Å². The van der Waals surface area contributed by atoms with Crippen LogP contribution < -0.4 is 0 Å². The molecule has 6 nitrogen and oxygen atoms in total. The van der Waals surface area contributed by atoms with E-state index in [4.69, 9.17) is 14.2 Å². The normalized spacial score (nSPS) is 39.0. The van der Waals surface area contributed by atoms with Gasteiger partial charge in [0, 0.05) is 17.9 Å². The van der Waals surface area contributed by atoms with Crippen molar-refractivity contribution in [3.8, 4) is 0 Å². The van der Waals surface area contributed by atoms with E-state index in [2.05, 4.69) is 6.58 Å². The highest BCUT2D eigenvalue weighted by atomic mass is 16.7. The molecule has 1 heterocycles. The predicted octanol–water partition coefficient (Wildman–Crippen LogP) is 1.56. The van der Waals surface area contributed by atoms with E-state index in [-0.39, 0.29) is 29.3 Å². The van der Waals surface area contributed by atoms with Crippen LogP contribution in [0.5, 0.6) is 0 Å². The number of aliphatic hydroxyl groups is 1. The van der Waals surface area contributed by atoms with Gasteiger partial charge in [-0.2, -0.15) is 0 Å². The van der Waals surface area contributed by atoms with Gasteiger partial charge in [0.1, 0.15) is 6.10 Å². The van der Waals surface area contributed by atoms with Gasteiger partial charge in [0.05, 0.1) is 18.6 Å². The molecule has 3 fully saturated rings. The maximum Gasteiger partial charge on any atom is 0.333 e. The average molecular weight is 324 g/mol. The van der Waals surface area contributed by atoms with E-state index in [1.165, 1.54) is 0 Å². The van der Waals surface area contributed by atoms with E-state index in [0.29, 0.717) is 19.4 Å². The molecule has 0 spiro atoms. The summed E-state index contributed by atoms with van der Waals surface area (Å²) in [5, 5.41) is 10.2. The minimum absolute atomic E-state index is 0.0206. The van der Waals surface area contributed by atoms with Crippen LogP contribution >= 0.6 is 0 Å². The lowest BCUT2D eigenvalue weighted by atomic mass is 9.85. The summed E-state index contributed by atoms with van der Waals surface area (Å²) >= 11 is 0. The van der Waals surface area contributed by atoms with Crippen LogP contribution in [0.3, 0.4) is 0 Å². The molecule has 3 rings (SSSR count). The number of aliphatic hydroxyl groups excluding tert-OH is 1. The zero-order valence-corrected chi connectivity index (χ0v) is 13.4. The van der Waals surface area contributed by atoms with Crippen LogP contribution in [0.1, 0.15) is 39.0 Å². The van der Waals surface area contributed by atoms with Crippen molar-refractivity contribution in [3.05, 3.63) is 12.2 Å². The summed E-state index contributed by atoms with van der Waals surface area (Å²) in [7, 11) is 0. The van der Waals surface area contributed by atoms with E-state index in [0.717, 1.165) is 19.3 Å². The lowest BCUT2D eigenvalue weighted by Crippen LogP contribution is -2.43. The highest BCUT2D eigenvalue weighted by molar-refractivity contribution is 5.87. The minimum Gasteiger partial charge on any atom is -0.456 e. The van der Waals surface area contributed by atoms with Crippen LogP contribution in [-0.2, 0) is 23.8 Å². The largest absolute Gasteiger partial charge is 0.456 e. The molecule has 0 aromatic rings. The molecule has 0 amide bonds. The second-order valence-electron chi connectivity index (χ2n) is 6.88. The Morgan fingerprint density at radius 1 is 1.22 bits per heavy atom. The fourth-order valence-electron chi connectivity index (χ4n) is 3.95. The summed E-state index contributed by atoms with van der Waals surface area (Å²) in [5.41, 5.74) is 0.287. The van der Waals surface area contributed by atoms with Gasteiger partial charge < -0.3 is 19.3 Å². The summed E-state index contributed by atoms with van der Waals surface area (Å²) < 4.78 is 16.3. The zero-order valence-electron chi connectivity index (χ0n) is 13.4. The maximum atomic E-state index is 12.4. The highest BCUT2D eigenvalue weighted by Crippen LogP contribution is 2.50. The van der Waals surface area contributed by atoms with Crippen molar-refractivity contribution < 1.29 is 28.9 Å². The molecule has 6 atom stereocenters. The van der Waals surface area contributed by atoms with Crippen LogP contribution in [0.15, 0.2) is 12.2 Å². The van der Waals surface area contributed by atoms with Gasteiger partial charge in [0.25, 0.3) is 0 Å². The number of fused-ring (bicyclic) bond motifs is 2. The zero-order chi connectivity index (χ0) is 16.6. The van der Waals surface area contributed by atoms with Crippen molar-refractivity contribution in [2.24, 2.45) is 17.8 Å². The lowest BCUT2D eigenvalue weighted by molar-refractivity contribution is -0.196. The molecule has 6 heteroatoms. The van der Waals surface area contributed by atoms with Crippen molar-refractivity contribution in [2.75, 3.05) is 6.61 Å². The van der Waals surface area contributed by atoms with Crippen molar-refractivity contribution in [1.29, 1.82) is 0 Å². The van der Waals surface area contributed by atoms with Crippen molar-refractivity contribution in [3.63, 3.8) is 0 Å². The monoisotopic (exact) mass is 324 g/mol. The first-order valence-electron chi connectivity index (χ1n) is 8.34. The third-order valence-electron chi connectivity index (χ3n) is 5.17. The van der Waals surface area contributed by atoms with Gasteiger partial charge >= 0.3 is 11.9 Å². The minimum atomic E-state index is -0.710. The fourth-order valence-corrected chi connectivity index (χ4v) is 3.95. The third-order valence-corrected chi connectivity index (χ3v) is 5.17. The smallest absolute Gasteiger partial charge is 0.333 e. The first-order chi connectivity index (χ1) is 11.0. The topological polar surface area (TPSA) is 82.1 Å². The Kier molecular flexibility index (Phi) is 4.73. The Morgan fingerprint density at radius 3 is 2.61 bits per heavy atom. The summed E-state index contributed by atoms with van der Waals surface area (Å²) in [6.45, 7) is 5.73. The number of esters is 2. The summed E-state index contributed by atoms with van der Waals surface area (Å²) in [5.74, 6) is -1.36. The Bertz CT molecular complexity index is 495. The molecule has 2 saturated carbocycles. The van der Waals surface area contributed by atoms with Crippen molar-refractivity contribution in [1.82, 2.24) is 0 Å². The van der Waals surface area contributed by atoms with E-state index < -0.39 is 24.5 Å². The molecule has 2 bridgehead atoms. The molecule has 6 unspecified atom stereocenters. The summed E-state index contributed by atoms with van der Waals surface area (Å²) in [4.78, 5) is 24.2. The Balaban J connectivity index is 1.62. The predicted molar refractivity (Wildman–Crippen MR) is 80.1 cm³/mol. The summed E-state index contributed by atoms with van der Waals surface area (Å²) in [6.07, 6.45) is 2.15. The molecule has 2 aliphatic carbocycles. The number of carbonyl (C=O) groups excluding carboxylic acids is 2. The molecule has 0 radical (unpaired) electrons. The molecular weight excluding hydrogens is 300 g/mol. The van der Waals surface area contributed by atoms with Gasteiger partial charge in [0.2, 0.25) is 6.29 Å². The molecular formula is C17H24O6. The number of rotatable bonds is 4. The van der Waals surface area contributed by atoms with Crippen molar-refractivity contribution in [2.45, 2.75) is 57.5 Å². The van der Waals surface area contributed by atoms with E-state index in [1.54, 1.807) is 6.92 Å². The number of hydrogen-bond donors (Lipinski definition) is 1. The standard InChI is InChI=1S/C17H24O6/c1-9(2)16(19)23-15-11-7-10(14(15)18)8-12(11)17(20)22-13-5-3-4-6-21-13/h10-15,18H,1,3-8H2,2H3. The Morgan fingerprint density at radius 2 is 2.00 bits per heavy atom. The van der Waals surface area contributed by atoms with Crippen LogP contribution in [0.4, 0.5) is 0 Å². The molecule has 1 N–H and O–H groups in total. The first-order valence-corrected chi connectivity index (χ1v) is 8.34. The first kappa shape index (κ1) is 16.5.